The van der Waals surface area contributed by atoms with Gasteiger partial charge in [-0.15, -0.1) is 5.41 Å². The first-order chi connectivity index (χ1) is 3.81. The van der Waals surface area contributed by atoms with Gasteiger partial charge in [-0.05, 0) is 0 Å². The van der Waals surface area contributed by atoms with Crippen LogP contribution in [0, 0.1) is 10.8 Å². The van der Waals surface area contributed by atoms with E-state index in [4.69, 9.17) is 0 Å². The van der Waals surface area contributed by atoms with Gasteiger partial charge in [0, 0.05) is 0 Å². The molecule has 0 rings (SSSR count). The van der Waals surface area contributed by atoms with E-state index in [1.807, 2.05) is 40.9 Å². The molecule has 2 heteroatoms. The molecule has 54 valence electrons. The molecule has 0 aromatic heterocycles. The van der Waals surface area contributed by atoms with Gasteiger partial charge in [0.2, 0.25) is 0 Å². The summed E-state index contributed by atoms with van der Waals surface area (Å²) in [5, 5.41) is 0. The van der Waals surface area contributed by atoms with Crippen molar-refractivity contribution in [2.45, 2.75) is 34.6 Å². The average Bonchev–Trinajstić information content (AvgIpc) is 1.64. The van der Waals surface area contributed by atoms with Gasteiger partial charge < -0.3 is 4.79 Å². The summed E-state index contributed by atoms with van der Waals surface area (Å²) in [5.74, 6) is 0. The number of rotatable bonds is 1. The maximum Gasteiger partial charge on any atom is 3.00 e. The molecule has 0 aromatic carbocycles. The second kappa shape index (κ2) is 3.97. The normalized spacial score (nSPS) is 12.1. The van der Waals surface area contributed by atoms with Crippen molar-refractivity contribution in [3.63, 3.8) is 0 Å². The van der Waals surface area contributed by atoms with Gasteiger partial charge in [-0.2, -0.15) is 0 Å². The van der Waals surface area contributed by atoms with Crippen LogP contribution in [0.4, 0.5) is 0 Å². The summed E-state index contributed by atoms with van der Waals surface area (Å²) >= 11 is 0. The molecule has 0 radical (unpaired) electrons. The molecule has 0 bridgehead atoms. The molecular weight excluding hydrogens is 201 g/mol. The third-order valence-electron chi connectivity index (χ3n) is 2.13. The molecule has 0 aliphatic carbocycles. The molecular formula is C8H15OY+2. The van der Waals surface area contributed by atoms with E-state index in [0.29, 0.717) is 0 Å². The van der Waals surface area contributed by atoms with Crippen molar-refractivity contribution in [1.29, 1.82) is 0 Å². The van der Waals surface area contributed by atoms with Gasteiger partial charge in [0.15, 0.2) is 0 Å². The Bertz CT molecular complexity index is 111. The van der Waals surface area contributed by atoms with Gasteiger partial charge in [-0.1, -0.05) is 40.0 Å². The Labute approximate surface area is 88.8 Å². The van der Waals surface area contributed by atoms with Crippen LogP contribution in [0.1, 0.15) is 34.6 Å². The second-order valence-corrected chi connectivity index (χ2v) is 3.98. The minimum Gasteiger partial charge on any atom is -0.541 e. The molecule has 0 atom stereocenters. The maximum absolute atomic E-state index is 10.3. The molecule has 0 spiro atoms. The predicted octanol–water partition coefficient (Wildman–Crippen LogP) is 2.17. The van der Waals surface area contributed by atoms with Crippen LogP contribution in [-0.4, -0.2) is 6.29 Å². The van der Waals surface area contributed by atoms with Gasteiger partial charge in [0.1, 0.15) is 0 Å². The van der Waals surface area contributed by atoms with Crippen LogP contribution in [0.25, 0.3) is 0 Å². The third kappa shape index (κ3) is 3.25. The molecule has 0 saturated heterocycles. The van der Waals surface area contributed by atoms with E-state index in [1.165, 1.54) is 0 Å². The molecule has 0 aromatic rings. The maximum atomic E-state index is 10.3. The van der Waals surface area contributed by atoms with Gasteiger partial charge in [-0.25, -0.2) is 0 Å². The topological polar surface area (TPSA) is 17.1 Å². The minimum absolute atomic E-state index is 0. The van der Waals surface area contributed by atoms with E-state index in [-0.39, 0.29) is 43.5 Å². The molecule has 1 nitrogen and oxygen atoms in total. The SMILES string of the molecule is CC(C)(C)C(C)(C)[C-]=O.[Y+3]. The molecule has 0 fully saturated rings. The summed E-state index contributed by atoms with van der Waals surface area (Å²) < 4.78 is 0. The molecule has 0 saturated carbocycles. The Hall–Kier alpha value is 0.774. The largest absolute Gasteiger partial charge is 3.00 e. The fourth-order valence-corrected chi connectivity index (χ4v) is 0.153. The molecule has 0 unspecified atom stereocenters. The zero-order valence-electron chi connectivity index (χ0n) is 7.49. The Morgan fingerprint density at radius 1 is 1.00 bits per heavy atom. The summed E-state index contributed by atoms with van der Waals surface area (Å²) in [5.41, 5.74) is -0.304. The van der Waals surface area contributed by atoms with E-state index in [1.54, 1.807) is 0 Å². The van der Waals surface area contributed by atoms with Crippen LogP contribution in [0.5, 0.6) is 0 Å². The molecule has 0 amide bonds. The van der Waals surface area contributed by atoms with E-state index in [2.05, 4.69) is 0 Å². The number of hydrogen-bond acceptors (Lipinski definition) is 1. The summed E-state index contributed by atoms with van der Waals surface area (Å²) in [6.07, 6.45) is 2.03. The van der Waals surface area contributed by atoms with Crippen molar-refractivity contribution in [2.24, 2.45) is 10.8 Å². The van der Waals surface area contributed by atoms with E-state index in [9.17, 15) is 4.79 Å². The summed E-state index contributed by atoms with van der Waals surface area (Å²) in [6, 6.07) is 0. The first-order valence-corrected chi connectivity index (χ1v) is 3.20. The van der Waals surface area contributed by atoms with Crippen LogP contribution in [0.3, 0.4) is 0 Å². The van der Waals surface area contributed by atoms with Crippen molar-refractivity contribution in [1.82, 2.24) is 0 Å². The quantitative estimate of drug-likeness (QED) is 0.614. The third-order valence-corrected chi connectivity index (χ3v) is 2.13. The smallest absolute Gasteiger partial charge is 0.541 e. The number of hydrogen-bond donors (Lipinski definition) is 0. The van der Waals surface area contributed by atoms with Crippen molar-refractivity contribution >= 4 is 6.29 Å². The molecule has 0 aliphatic rings. The molecule has 0 N–H and O–H groups in total. The van der Waals surface area contributed by atoms with Crippen LogP contribution in [-0.2, 0) is 37.5 Å². The summed E-state index contributed by atoms with van der Waals surface area (Å²) in [4.78, 5) is 10.3. The van der Waals surface area contributed by atoms with Gasteiger partial charge in [-0.3, -0.25) is 6.29 Å². The second-order valence-electron chi connectivity index (χ2n) is 3.98. The van der Waals surface area contributed by atoms with Crippen molar-refractivity contribution < 1.29 is 37.5 Å². The first kappa shape index (κ1) is 13.4. The Morgan fingerprint density at radius 3 is 1.30 bits per heavy atom. The monoisotopic (exact) mass is 216 g/mol. The van der Waals surface area contributed by atoms with E-state index < -0.39 is 0 Å². The Balaban J connectivity index is 0. The average molecular weight is 216 g/mol. The number of carbonyl (C=O) groups excluding carboxylic acids is 1. The zero-order chi connectivity index (χ0) is 7.71. The summed E-state index contributed by atoms with van der Waals surface area (Å²) in [7, 11) is 0. The zero-order valence-corrected chi connectivity index (χ0v) is 10.3. The Kier molecular flexibility index (Phi) is 5.30. The molecule has 10 heavy (non-hydrogen) atoms. The molecule has 0 heterocycles. The van der Waals surface area contributed by atoms with Crippen molar-refractivity contribution in [3.8, 4) is 0 Å². The Morgan fingerprint density at radius 2 is 1.30 bits per heavy atom. The summed E-state index contributed by atoms with van der Waals surface area (Å²) in [6.45, 7) is 9.92. The standard InChI is InChI=1S/C8H15O.Y/c1-7(2,3)8(4,5)6-9;/h1-5H3;/q-1;+3. The fraction of sp³-hybridized carbons (Fsp3) is 0.875. The van der Waals surface area contributed by atoms with Crippen molar-refractivity contribution in [3.05, 3.63) is 0 Å². The van der Waals surface area contributed by atoms with Gasteiger partial charge in [0.05, 0.1) is 0 Å². The first-order valence-electron chi connectivity index (χ1n) is 3.20. The fourth-order valence-electron chi connectivity index (χ4n) is 0.153. The molecule has 0 aliphatic heterocycles. The van der Waals surface area contributed by atoms with Crippen LogP contribution < -0.4 is 0 Å². The van der Waals surface area contributed by atoms with Gasteiger partial charge in [0.25, 0.3) is 0 Å². The van der Waals surface area contributed by atoms with E-state index >= 15 is 0 Å². The minimum atomic E-state index is -0.326. The van der Waals surface area contributed by atoms with E-state index in [0.717, 1.165) is 0 Å². The van der Waals surface area contributed by atoms with Crippen LogP contribution in [0.15, 0.2) is 0 Å². The predicted molar refractivity (Wildman–Crippen MR) is 38.9 cm³/mol. The van der Waals surface area contributed by atoms with Crippen LogP contribution >= 0.6 is 0 Å². The van der Waals surface area contributed by atoms with Gasteiger partial charge >= 0.3 is 32.7 Å². The van der Waals surface area contributed by atoms with Crippen molar-refractivity contribution in [2.75, 3.05) is 0 Å². The van der Waals surface area contributed by atoms with Crippen LogP contribution in [0.2, 0.25) is 0 Å².